The highest BCUT2D eigenvalue weighted by Crippen LogP contribution is 2.41. The fourth-order valence-corrected chi connectivity index (χ4v) is 5.56. The summed E-state index contributed by atoms with van der Waals surface area (Å²) in [5.41, 5.74) is 1.61. The number of hydrogen-bond acceptors (Lipinski definition) is 6. The van der Waals surface area contributed by atoms with Gasteiger partial charge in [-0.05, 0) is 82.1 Å². The Hall–Kier alpha value is -2.57. The van der Waals surface area contributed by atoms with Gasteiger partial charge in [0.2, 0.25) is 11.6 Å². The first-order chi connectivity index (χ1) is 15.0. The minimum atomic E-state index is -0.212. The standard InChI is InChI=1S/C25H29N3O2S/c1-17-6-4-7-20(16-17)24(29)25-26-22(30-27-25)14-11-18-9-12-19(13-10-18)23(28(2)3)21-8-5-15-31-21/h4-8,11,14-16,18-19,23H,9-10,12-13H2,1-3H3. The number of nitrogens with zero attached hydrogens (tertiary/aromatic N) is 3. The first-order valence-electron chi connectivity index (χ1n) is 10.8. The second-order valence-corrected chi connectivity index (χ2v) is 9.59. The molecule has 0 saturated heterocycles. The minimum Gasteiger partial charge on any atom is -0.334 e. The normalized spacial score (nSPS) is 20.4. The van der Waals surface area contributed by atoms with Crippen molar-refractivity contribution in [2.24, 2.45) is 11.8 Å². The van der Waals surface area contributed by atoms with Crippen molar-refractivity contribution >= 4 is 23.2 Å². The number of carbonyl (C=O) groups excluding carboxylic acids is 1. The zero-order valence-electron chi connectivity index (χ0n) is 18.3. The molecule has 31 heavy (non-hydrogen) atoms. The Morgan fingerprint density at radius 1 is 1.19 bits per heavy atom. The van der Waals surface area contributed by atoms with Crippen molar-refractivity contribution in [2.75, 3.05) is 14.1 Å². The van der Waals surface area contributed by atoms with Gasteiger partial charge in [-0.25, -0.2) is 0 Å². The van der Waals surface area contributed by atoms with E-state index in [0.29, 0.717) is 29.3 Å². The monoisotopic (exact) mass is 435 g/mol. The number of aromatic nitrogens is 2. The Bertz CT molecular complexity index is 1030. The lowest BCUT2D eigenvalue weighted by Gasteiger charge is -2.36. The van der Waals surface area contributed by atoms with Crippen molar-refractivity contribution in [3.63, 3.8) is 0 Å². The molecule has 0 amide bonds. The molecule has 0 bridgehead atoms. The quantitative estimate of drug-likeness (QED) is 0.439. The van der Waals surface area contributed by atoms with Gasteiger partial charge < -0.3 is 9.42 Å². The Labute approximate surface area is 187 Å². The Morgan fingerprint density at radius 2 is 2.00 bits per heavy atom. The summed E-state index contributed by atoms with van der Waals surface area (Å²) < 4.78 is 5.29. The molecule has 2 aromatic heterocycles. The van der Waals surface area contributed by atoms with E-state index in [1.165, 1.54) is 17.7 Å². The fraction of sp³-hybridized carbons (Fsp3) is 0.400. The summed E-state index contributed by atoms with van der Waals surface area (Å²) in [6.07, 6.45) is 8.75. The number of benzene rings is 1. The zero-order chi connectivity index (χ0) is 21.8. The van der Waals surface area contributed by atoms with Crippen molar-refractivity contribution < 1.29 is 9.32 Å². The van der Waals surface area contributed by atoms with E-state index >= 15 is 0 Å². The van der Waals surface area contributed by atoms with Gasteiger partial charge in [0.25, 0.3) is 5.89 Å². The molecule has 0 spiro atoms. The van der Waals surface area contributed by atoms with Crippen LogP contribution in [0, 0.1) is 18.8 Å². The van der Waals surface area contributed by atoms with Gasteiger partial charge >= 0.3 is 0 Å². The maximum absolute atomic E-state index is 12.6. The van der Waals surface area contributed by atoms with Crippen LogP contribution in [0.3, 0.4) is 0 Å². The predicted molar refractivity (Wildman–Crippen MR) is 124 cm³/mol. The molecule has 1 saturated carbocycles. The van der Waals surface area contributed by atoms with Crippen LogP contribution in [0.5, 0.6) is 0 Å². The molecule has 162 valence electrons. The molecule has 3 aromatic rings. The van der Waals surface area contributed by atoms with Crippen LogP contribution in [0.1, 0.15) is 64.2 Å². The third-order valence-electron chi connectivity index (χ3n) is 6.09. The molecule has 0 aliphatic heterocycles. The van der Waals surface area contributed by atoms with Crippen LogP contribution in [-0.2, 0) is 0 Å². The smallest absolute Gasteiger partial charge is 0.250 e. The molecular formula is C25H29N3O2S. The minimum absolute atomic E-state index is 0.110. The molecule has 1 unspecified atom stereocenters. The number of thiophene rings is 1. The van der Waals surface area contributed by atoms with Gasteiger partial charge in [0, 0.05) is 16.5 Å². The van der Waals surface area contributed by atoms with Crippen molar-refractivity contribution in [1.29, 1.82) is 0 Å². The van der Waals surface area contributed by atoms with Gasteiger partial charge in [-0.3, -0.25) is 4.79 Å². The molecule has 0 radical (unpaired) electrons. The van der Waals surface area contributed by atoms with E-state index in [4.69, 9.17) is 4.52 Å². The summed E-state index contributed by atoms with van der Waals surface area (Å²) in [4.78, 5) is 20.7. The molecular weight excluding hydrogens is 406 g/mol. The summed E-state index contributed by atoms with van der Waals surface area (Å²) in [6.45, 7) is 1.96. The largest absolute Gasteiger partial charge is 0.334 e. The first-order valence-corrected chi connectivity index (χ1v) is 11.7. The average molecular weight is 436 g/mol. The van der Waals surface area contributed by atoms with Crippen LogP contribution < -0.4 is 0 Å². The molecule has 1 aromatic carbocycles. The molecule has 0 N–H and O–H groups in total. The fourth-order valence-electron chi connectivity index (χ4n) is 4.55. The number of aryl methyl sites for hydroxylation is 1. The second-order valence-electron chi connectivity index (χ2n) is 8.61. The maximum atomic E-state index is 12.6. The van der Waals surface area contributed by atoms with Gasteiger partial charge in [-0.2, -0.15) is 4.98 Å². The molecule has 1 aliphatic carbocycles. The first kappa shape index (κ1) is 21.7. The zero-order valence-corrected chi connectivity index (χ0v) is 19.1. The van der Waals surface area contributed by atoms with Gasteiger partial charge in [-0.15, -0.1) is 11.3 Å². The summed E-state index contributed by atoms with van der Waals surface area (Å²) in [5, 5.41) is 6.05. The summed E-state index contributed by atoms with van der Waals surface area (Å²) >= 11 is 1.85. The third-order valence-corrected chi connectivity index (χ3v) is 7.03. The third kappa shape index (κ3) is 5.20. The summed E-state index contributed by atoms with van der Waals surface area (Å²) in [7, 11) is 4.36. The van der Waals surface area contributed by atoms with Crippen molar-refractivity contribution in [3.05, 3.63) is 75.6 Å². The van der Waals surface area contributed by atoms with Crippen LogP contribution in [0.15, 0.2) is 52.4 Å². The van der Waals surface area contributed by atoms with E-state index in [1.54, 1.807) is 6.07 Å². The number of allylic oxidation sites excluding steroid dienone is 1. The van der Waals surface area contributed by atoms with E-state index in [9.17, 15) is 4.79 Å². The van der Waals surface area contributed by atoms with Crippen molar-refractivity contribution in [1.82, 2.24) is 15.0 Å². The van der Waals surface area contributed by atoms with E-state index in [0.717, 1.165) is 18.4 Å². The van der Waals surface area contributed by atoms with Crippen LogP contribution in [-0.4, -0.2) is 34.9 Å². The average Bonchev–Trinajstić information content (AvgIpc) is 3.45. The maximum Gasteiger partial charge on any atom is 0.250 e. The highest BCUT2D eigenvalue weighted by molar-refractivity contribution is 7.10. The summed E-state index contributed by atoms with van der Waals surface area (Å²) in [6, 6.07) is 12.3. The lowest BCUT2D eigenvalue weighted by atomic mass is 9.77. The van der Waals surface area contributed by atoms with Gasteiger partial charge in [0.1, 0.15) is 0 Å². The summed E-state index contributed by atoms with van der Waals surface area (Å²) in [5.74, 6) is 1.48. The number of carbonyl (C=O) groups is 1. The van der Waals surface area contributed by atoms with Crippen LogP contribution >= 0.6 is 11.3 Å². The number of hydrogen-bond donors (Lipinski definition) is 0. The lowest BCUT2D eigenvalue weighted by Crippen LogP contribution is -2.29. The van der Waals surface area contributed by atoms with Crippen LogP contribution in [0.4, 0.5) is 0 Å². The van der Waals surface area contributed by atoms with Crippen molar-refractivity contribution in [3.8, 4) is 0 Å². The molecule has 1 fully saturated rings. The second kappa shape index (κ2) is 9.71. The lowest BCUT2D eigenvalue weighted by molar-refractivity contribution is 0.102. The topological polar surface area (TPSA) is 59.2 Å². The molecule has 5 nitrogen and oxygen atoms in total. The molecule has 2 heterocycles. The molecule has 1 atom stereocenters. The van der Waals surface area contributed by atoms with Gasteiger partial charge in [0.15, 0.2) is 0 Å². The van der Waals surface area contributed by atoms with Crippen molar-refractivity contribution in [2.45, 2.75) is 38.6 Å². The van der Waals surface area contributed by atoms with Crippen LogP contribution in [0.2, 0.25) is 0 Å². The highest BCUT2D eigenvalue weighted by atomic mass is 32.1. The number of ketones is 1. The Kier molecular flexibility index (Phi) is 6.78. The highest BCUT2D eigenvalue weighted by Gasteiger charge is 2.30. The molecule has 6 heteroatoms. The van der Waals surface area contributed by atoms with E-state index in [2.05, 4.69) is 52.7 Å². The SMILES string of the molecule is Cc1cccc(C(=O)c2noc(C=CC3CCC(C(c4cccs4)N(C)C)CC3)n2)c1. The molecule has 4 rings (SSSR count). The van der Waals surface area contributed by atoms with Gasteiger partial charge in [-0.1, -0.05) is 41.1 Å². The van der Waals surface area contributed by atoms with E-state index in [-0.39, 0.29) is 11.6 Å². The predicted octanol–water partition coefficient (Wildman–Crippen LogP) is 5.79. The van der Waals surface area contributed by atoms with Gasteiger partial charge in [0.05, 0.1) is 0 Å². The van der Waals surface area contributed by atoms with E-state index in [1.807, 2.05) is 42.5 Å². The Morgan fingerprint density at radius 3 is 2.68 bits per heavy atom. The Balaban J connectivity index is 1.35. The van der Waals surface area contributed by atoms with Crippen LogP contribution in [0.25, 0.3) is 6.08 Å². The number of rotatable bonds is 7. The molecule has 1 aliphatic rings. The van der Waals surface area contributed by atoms with E-state index < -0.39 is 0 Å².